The first-order chi connectivity index (χ1) is 22.5. The summed E-state index contributed by atoms with van der Waals surface area (Å²) < 4.78 is 34.7. The topological polar surface area (TPSA) is 139 Å². The molecule has 1 atom stereocenters. The molecule has 0 fully saturated rings. The Bertz CT molecular complexity index is 1830. The van der Waals surface area contributed by atoms with Gasteiger partial charge in [0.05, 0.1) is 22.6 Å². The van der Waals surface area contributed by atoms with E-state index in [0.29, 0.717) is 12.3 Å². The van der Waals surface area contributed by atoms with Crippen LogP contribution in [0.3, 0.4) is 0 Å². The second-order valence-electron chi connectivity index (χ2n) is 11.0. The molecule has 1 N–H and O–H groups in total. The normalized spacial score (nSPS) is 11.7. The van der Waals surface area contributed by atoms with Crippen LogP contribution in [-0.2, 0) is 32.6 Å². The van der Waals surface area contributed by atoms with Crippen molar-refractivity contribution in [2.45, 2.75) is 44.7 Å². The van der Waals surface area contributed by atoms with Crippen LogP contribution in [-0.4, -0.2) is 56.3 Å². The number of carbonyl (C=O) groups is 2. The standard InChI is InChI=1S/C35H38N4O7S/c1-5-36-35(41)33(21-27-12-7-6-8-13-27)37(23-28-14-10-9-11-25(28)2)34(40)24-38(29-16-18-30(46-4)19-17-29)47(44,45)31-20-15-26(3)32(22-31)39(42)43/h6-20,22,33H,5,21,23-24H2,1-4H3,(H,36,41)/t33-/m0/s1. The fourth-order valence-electron chi connectivity index (χ4n) is 5.17. The monoisotopic (exact) mass is 658 g/mol. The minimum atomic E-state index is -4.53. The number of likely N-dealkylation sites (N-methyl/N-ethyl adjacent to an activating group) is 1. The van der Waals surface area contributed by atoms with Crippen LogP contribution in [0.25, 0.3) is 0 Å². The van der Waals surface area contributed by atoms with Crippen LogP contribution in [0.15, 0.2) is 102 Å². The number of aryl methyl sites for hydroxylation is 2. The average Bonchev–Trinajstić information content (AvgIpc) is 3.06. The lowest BCUT2D eigenvalue weighted by Gasteiger charge is -2.34. The number of sulfonamides is 1. The van der Waals surface area contributed by atoms with Gasteiger partial charge in [0.1, 0.15) is 18.3 Å². The zero-order chi connectivity index (χ0) is 34.1. The van der Waals surface area contributed by atoms with E-state index in [1.54, 1.807) is 19.1 Å². The van der Waals surface area contributed by atoms with Crippen LogP contribution in [0.5, 0.6) is 5.75 Å². The summed E-state index contributed by atoms with van der Waals surface area (Å²) in [5.41, 5.74) is 2.56. The molecule has 246 valence electrons. The molecule has 2 amide bonds. The number of nitro groups is 1. The molecule has 0 spiro atoms. The van der Waals surface area contributed by atoms with Gasteiger partial charge in [0.2, 0.25) is 11.8 Å². The quantitative estimate of drug-likeness (QED) is 0.145. The van der Waals surface area contributed by atoms with Gasteiger partial charge in [0, 0.05) is 31.1 Å². The van der Waals surface area contributed by atoms with E-state index in [9.17, 15) is 28.1 Å². The molecule has 0 radical (unpaired) electrons. The van der Waals surface area contributed by atoms with E-state index in [1.165, 1.54) is 43.2 Å². The maximum Gasteiger partial charge on any atom is 0.273 e. The molecule has 0 aliphatic rings. The summed E-state index contributed by atoms with van der Waals surface area (Å²) in [5, 5.41) is 14.5. The Kier molecular flexibility index (Phi) is 11.3. The summed E-state index contributed by atoms with van der Waals surface area (Å²) >= 11 is 0. The van der Waals surface area contributed by atoms with Crippen molar-refractivity contribution in [2.24, 2.45) is 0 Å². The first-order valence-corrected chi connectivity index (χ1v) is 16.5. The number of nitrogens with one attached hydrogen (secondary N) is 1. The third kappa shape index (κ3) is 8.33. The Morgan fingerprint density at radius 2 is 1.57 bits per heavy atom. The molecule has 0 unspecified atom stereocenters. The number of carbonyl (C=O) groups excluding carboxylic acids is 2. The van der Waals surface area contributed by atoms with Crippen molar-refractivity contribution in [2.75, 3.05) is 24.5 Å². The summed E-state index contributed by atoms with van der Waals surface area (Å²) in [6.45, 7) is 4.87. The number of hydrogen-bond acceptors (Lipinski definition) is 7. The van der Waals surface area contributed by atoms with E-state index in [0.717, 1.165) is 27.1 Å². The second kappa shape index (κ2) is 15.4. The third-order valence-electron chi connectivity index (χ3n) is 7.83. The molecule has 0 saturated carbocycles. The molecule has 0 aliphatic carbocycles. The number of amides is 2. The predicted molar refractivity (Wildman–Crippen MR) is 180 cm³/mol. The Morgan fingerprint density at radius 3 is 2.19 bits per heavy atom. The summed E-state index contributed by atoms with van der Waals surface area (Å²) in [5.74, 6) is -0.559. The molecule has 11 nitrogen and oxygen atoms in total. The molecule has 0 aromatic heterocycles. The number of ether oxygens (including phenoxy) is 1. The van der Waals surface area contributed by atoms with Crippen molar-refractivity contribution in [1.29, 1.82) is 0 Å². The number of anilines is 1. The van der Waals surface area contributed by atoms with Crippen LogP contribution < -0.4 is 14.4 Å². The van der Waals surface area contributed by atoms with Crippen molar-refractivity contribution in [3.8, 4) is 5.75 Å². The van der Waals surface area contributed by atoms with Gasteiger partial charge < -0.3 is 15.0 Å². The van der Waals surface area contributed by atoms with Gasteiger partial charge in [-0.05, 0) is 67.8 Å². The van der Waals surface area contributed by atoms with Gasteiger partial charge in [0.15, 0.2) is 0 Å². The number of methoxy groups -OCH3 is 1. The third-order valence-corrected chi connectivity index (χ3v) is 9.60. The highest BCUT2D eigenvalue weighted by Gasteiger charge is 2.35. The van der Waals surface area contributed by atoms with Crippen molar-refractivity contribution in [3.63, 3.8) is 0 Å². The zero-order valence-corrected chi connectivity index (χ0v) is 27.6. The number of nitro benzene ring substituents is 1. The van der Waals surface area contributed by atoms with Gasteiger partial charge in [-0.1, -0.05) is 60.7 Å². The summed E-state index contributed by atoms with van der Waals surface area (Å²) in [7, 11) is -3.06. The van der Waals surface area contributed by atoms with Gasteiger partial charge in [-0.3, -0.25) is 24.0 Å². The number of hydrogen-bond donors (Lipinski definition) is 1. The van der Waals surface area contributed by atoms with E-state index < -0.39 is 33.4 Å². The van der Waals surface area contributed by atoms with Crippen LogP contribution in [0.4, 0.5) is 11.4 Å². The first kappa shape index (κ1) is 34.6. The van der Waals surface area contributed by atoms with Crippen molar-refractivity contribution in [1.82, 2.24) is 10.2 Å². The number of nitrogens with zero attached hydrogens (tertiary/aromatic N) is 3. The van der Waals surface area contributed by atoms with Gasteiger partial charge in [-0.15, -0.1) is 0 Å². The molecular weight excluding hydrogens is 620 g/mol. The minimum Gasteiger partial charge on any atom is -0.497 e. The highest BCUT2D eigenvalue weighted by Crippen LogP contribution is 2.30. The highest BCUT2D eigenvalue weighted by atomic mass is 32.2. The van der Waals surface area contributed by atoms with Crippen LogP contribution in [0.1, 0.15) is 29.2 Å². The Balaban J connectivity index is 1.84. The van der Waals surface area contributed by atoms with Crippen molar-refractivity contribution in [3.05, 3.63) is 129 Å². The lowest BCUT2D eigenvalue weighted by Crippen LogP contribution is -2.53. The van der Waals surface area contributed by atoms with Crippen LogP contribution >= 0.6 is 0 Å². The fraction of sp³-hybridized carbons (Fsp3) is 0.257. The Hall–Kier alpha value is -5.23. The van der Waals surface area contributed by atoms with E-state index in [-0.39, 0.29) is 40.7 Å². The van der Waals surface area contributed by atoms with Crippen LogP contribution in [0, 0.1) is 24.0 Å². The molecule has 0 aliphatic heterocycles. The van der Waals surface area contributed by atoms with Gasteiger partial charge in [0.25, 0.3) is 15.7 Å². The van der Waals surface area contributed by atoms with E-state index in [4.69, 9.17) is 4.74 Å². The molecule has 12 heteroatoms. The second-order valence-corrected chi connectivity index (χ2v) is 12.8. The molecule has 4 aromatic carbocycles. The zero-order valence-electron chi connectivity index (χ0n) is 26.8. The number of benzene rings is 4. The molecule has 47 heavy (non-hydrogen) atoms. The largest absolute Gasteiger partial charge is 0.497 e. The predicted octanol–water partition coefficient (Wildman–Crippen LogP) is 5.19. The Labute approximate surface area is 275 Å². The first-order valence-electron chi connectivity index (χ1n) is 15.0. The van der Waals surface area contributed by atoms with Crippen LogP contribution in [0.2, 0.25) is 0 Å². The van der Waals surface area contributed by atoms with Gasteiger partial charge >= 0.3 is 0 Å². The maximum atomic E-state index is 14.5. The number of rotatable bonds is 14. The molecule has 0 bridgehead atoms. The minimum absolute atomic E-state index is 0.0344. The summed E-state index contributed by atoms with van der Waals surface area (Å²) in [4.78, 5) is 40.3. The lowest BCUT2D eigenvalue weighted by atomic mass is 10.0. The van der Waals surface area contributed by atoms with E-state index in [1.807, 2.05) is 61.5 Å². The smallest absolute Gasteiger partial charge is 0.273 e. The Morgan fingerprint density at radius 1 is 0.915 bits per heavy atom. The average molecular weight is 659 g/mol. The molecule has 4 aromatic rings. The molecule has 4 rings (SSSR count). The van der Waals surface area contributed by atoms with Crippen molar-refractivity contribution < 1.29 is 27.7 Å². The maximum absolute atomic E-state index is 14.5. The molecular formula is C35H38N4O7S. The fourth-order valence-corrected chi connectivity index (χ4v) is 6.60. The van der Waals surface area contributed by atoms with Crippen molar-refractivity contribution >= 4 is 33.2 Å². The van der Waals surface area contributed by atoms with Gasteiger partial charge in [-0.25, -0.2) is 8.42 Å². The highest BCUT2D eigenvalue weighted by molar-refractivity contribution is 7.92. The molecule has 0 heterocycles. The van der Waals surface area contributed by atoms with Gasteiger partial charge in [-0.2, -0.15) is 0 Å². The lowest BCUT2D eigenvalue weighted by molar-refractivity contribution is -0.385. The SMILES string of the molecule is CCNC(=O)[C@H](Cc1ccccc1)N(Cc1ccccc1C)C(=O)CN(c1ccc(OC)cc1)S(=O)(=O)c1ccc(C)c([N+](=O)[O-])c1. The summed E-state index contributed by atoms with van der Waals surface area (Å²) in [6, 6.07) is 25.5. The van der Waals surface area contributed by atoms with E-state index >= 15 is 0 Å². The van der Waals surface area contributed by atoms with E-state index in [2.05, 4.69) is 5.32 Å². The molecule has 0 saturated heterocycles. The summed E-state index contributed by atoms with van der Waals surface area (Å²) in [6.07, 6.45) is 0.184.